The molecule has 4 rings (SSSR count). The molecule has 1 aliphatic rings. The predicted octanol–water partition coefficient (Wildman–Crippen LogP) is 3.52. The van der Waals surface area contributed by atoms with Crippen molar-refractivity contribution in [3.05, 3.63) is 59.8 Å². The molecule has 0 spiro atoms. The fraction of sp³-hybridized carbons (Fsp3) is 0.273. The van der Waals surface area contributed by atoms with Gasteiger partial charge in [0.15, 0.2) is 5.69 Å². The summed E-state index contributed by atoms with van der Waals surface area (Å²) in [6, 6.07) is 13.0. The van der Waals surface area contributed by atoms with E-state index in [0.717, 1.165) is 24.8 Å². The summed E-state index contributed by atoms with van der Waals surface area (Å²) in [5.41, 5.74) is 2.41. The Morgan fingerprint density at radius 2 is 1.81 bits per heavy atom. The Labute approximate surface area is 181 Å². The number of aromatic nitrogens is 2. The maximum absolute atomic E-state index is 12.7. The van der Waals surface area contributed by atoms with Gasteiger partial charge in [-0.1, -0.05) is 18.6 Å². The van der Waals surface area contributed by atoms with Crippen LogP contribution in [0.1, 0.15) is 35.3 Å². The molecule has 1 amide bonds. The lowest BCUT2D eigenvalue weighted by Gasteiger charge is -2.25. The smallest absolute Gasteiger partial charge is 0.276 e. The lowest BCUT2D eigenvalue weighted by molar-refractivity contribution is 0.102. The van der Waals surface area contributed by atoms with Crippen LogP contribution < -0.4 is 5.32 Å². The predicted molar refractivity (Wildman–Crippen MR) is 117 cm³/mol. The second-order valence-electron chi connectivity index (χ2n) is 7.58. The number of piperidine rings is 1. The first-order valence-corrected chi connectivity index (χ1v) is 11.6. The van der Waals surface area contributed by atoms with Crippen LogP contribution in [0.15, 0.2) is 53.4 Å². The number of para-hydroxylation sites is 1. The summed E-state index contributed by atoms with van der Waals surface area (Å²) in [7, 11) is -3.51. The number of phenolic OH excluding ortho intramolecular Hbond substituents is 1. The highest BCUT2D eigenvalue weighted by Crippen LogP contribution is 2.30. The van der Waals surface area contributed by atoms with E-state index in [0.29, 0.717) is 30.0 Å². The summed E-state index contributed by atoms with van der Waals surface area (Å²) in [6.45, 7) is 2.87. The molecule has 0 unspecified atom stereocenters. The Balaban J connectivity index is 1.47. The lowest BCUT2D eigenvalue weighted by Crippen LogP contribution is -2.35. The maximum atomic E-state index is 12.7. The molecule has 3 N–H and O–H groups in total. The minimum absolute atomic E-state index is 0.128. The largest absolute Gasteiger partial charge is 0.507 e. The van der Waals surface area contributed by atoms with E-state index in [-0.39, 0.29) is 16.3 Å². The number of amides is 1. The number of aryl methyl sites for hydroxylation is 1. The highest BCUT2D eigenvalue weighted by molar-refractivity contribution is 7.89. The number of aromatic hydroxyl groups is 1. The van der Waals surface area contributed by atoms with Crippen molar-refractivity contribution in [3.63, 3.8) is 0 Å². The number of carbonyl (C=O) groups excluding carboxylic acids is 1. The first-order chi connectivity index (χ1) is 14.9. The van der Waals surface area contributed by atoms with Gasteiger partial charge in [0.2, 0.25) is 10.0 Å². The average Bonchev–Trinajstić information content (AvgIpc) is 3.27. The van der Waals surface area contributed by atoms with Crippen LogP contribution in [0.25, 0.3) is 11.3 Å². The van der Waals surface area contributed by atoms with Crippen molar-refractivity contribution in [1.29, 1.82) is 0 Å². The zero-order chi connectivity index (χ0) is 22.0. The molecule has 0 radical (unpaired) electrons. The fourth-order valence-electron chi connectivity index (χ4n) is 3.61. The van der Waals surface area contributed by atoms with Crippen LogP contribution >= 0.6 is 0 Å². The van der Waals surface area contributed by atoms with E-state index in [4.69, 9.17) is 0 Å². The molecule has 3 aromatic rings. The van der Waals surface area contributed by atoms with Crippen molar-refractivity contribution in [1.82, 2.24) is 14.5 Å². The highest BCUT2D eigenvalue weighted by Gasteiger charge is 2.25. The van der Waals surface area contributed by atoms with E-state index in [9.17, 15) is 18.3 Å². The van der Waals surface area contributed by atoms with E-state index in [1.54, 1.807) is 37.3 Å². The van der Waals surface area contributed by atoms with Crippen LogP contribution in [0, 0.1) is 6.92 Å². The summed E-state index contributed by atoms with van der Waals surface area (Å²) in [4.78, 5) is 12.8. The van der Waals surface area contributed by atoms with E-state index in [1.807, 2.05) is 6.07 Å². The summed E-state index contributed by atoms with van der Waals surface area (Å²) in [5.74, 6) is -0.315. The second-order valence-corrected chi connectivity index (χ2v) is 9.52. The topological polar surface area (TPSA) is 115 Å². The number of nitrogens with zero attached hydrogens (tertiary/aromatic N) is 2. The minimum atomic E-state index is -3.51. The van der Waals surface area contributed by atoms with Crippen LogP contribution in [0.5, 0.6) is 5.75 Å². The first-order valence-electron chi connectivity index (χ1n) is 10.1. The molecule has 1 aromatic heterocycles. The van der Waals surface area contributed by atoms with Crippen LogP contribution in [0.4, 0.5) is 5.69 Å². The van der Waals surface area contributed by atoms with Gasteiger partial charge in [0, 0.05) is 24.3 Å². The summed E-state index contributed by atoms with van der Waals surface area (Å²) in [5, 5.41) is 19.7. The van der Waals surface area contributed by atoms with E-state index < -0.39 is 15.9 Å². The molecule has 2 heterocycles. The number of hydrogen-bond donors (Lipinski definition) is 3. The van der Waals surface area contributed by atoms with Crippen LogP contribution in [-0.2, 0) is 10.0 Å². The van der Waals surface area contributed by atoms with Crippen LogP contribution in [0.2, 0.25) is 0 Å². The molecule has 162 valence electrons. The van der Waals surface area contributed by atoms with Crippen molar-refractivity contribution in [2.75, 3.05) is 18.4 Å². The number of aromatic amines is 1. The van der Waals surface area contributed by atoms with Gasteiger partial charge in [-0.15, -0.1) is 0 Å². The van der Waals surface area contributed by atoms with Crippen molar-refractivity contribution < 1.29 is 18.3 Å². The Morgan fingerprint density at radius 3 is 2.52 bits per heavy atom. The molecule has 8 nitrogen and oxygen atoms in total. The van der Waals surface area contributed by atoms with Gasteiger partial charge in [-0.25, -0.2) is 8.42 Å². The quantitative estimate of drug-likeness (QED) is 0.561. The van der Waals surface area contributed by atoms with E-state index in [1.165, 1.54) is 16.4 Å². The molecule has 1 aliphatic heterocycles. The highest BCUT2D eigenvalue weighted by atomic mass is 32.2. The molecule has 0 atom stereocenters. The zero-order valence-electron chi connectivity index (χ0n) is 17.1. The molecule has 9 heteroatoms. The molecule has 2 aromatic carbocycles. The number of benzene rings is 2. The van der Waals surface area contributed by atoms with Crippen LogP contribution in [-0.4, -0.2) is 47.0 Å². The van der Waals surface area contributed by atoms with E-state index in [2.05, 4.69) is 15.5 Å². The molecule has 1 fully saturated rings. The molecule has 0 bridgehead atoms. The average molecular weight is 441 g/mol. The molecule has 1 saturated heterocycles. The Bertz CT molecular complexity index is 1200. The molecule has 31 heavy (non-hydrogen) atoms. The molecular weight excluding hydrogens is 416 g/mol. The summed E-state index contributed by atoms with van der Waals surface area (Å²) in [6.07, 6.45) is 2.80. The van der Waals surface area contributed by atoms with Gasteiger partial charge in [0.05, 0.1) is 10.6 Å². The second kappa shape index (κ2) is 8.52. The van der Waals surface area contributed by atoms with Crippen molar-refractivity contribution in [2.24, 2.45) is 0 Å². The zero-order valence-corrected chi connectivity index (χ0v) is 17.9. The fourth-order valence-corrected chi connectivity index (χ4v) is 5.13. The SMILES string of the molecule is Cc1cccc(-c2cc(C(=O)Nc3ccc(S(=O)(=O)N4CCCCC4)cc3)n[nH]2)c1O. The van der Waals surface area contributed by atoms with Gasteiger partial charge in [-0.05, 0) is 61.7 Å². The standard InChI is InChI=1S/C22H24N4O4S/c1-15-6-5-7-18(21(15)27)19-14-20(25-24-19)22(28)23-16-8-10-17(11-9-16)31(29,30)26-12-3-2-4-13-26/h5-11,14,27H,2-4,12-13H2,1H3,(H,23,28)(H,24,25). The molecular formula is C22H24N4O4S. The van der Waals surface area contributed by atoms with Crippen molar-refractivity contribution in [2.45, 2.75) is 31.1 Å². The number of H-pyrrole nitrogens is 1. The summed E-state index contributed by atoms with van der Waals surface area (Å²) < 4.78 is 27.0. The third-order valence-corrected chi connectivity index (χ3v) is 7.32. The molecule has 0 saturated carbocycles. The van der Waals surface area contributed by atoms with Gasteiger partial charge in [0.1, 0.15) is 5.75 Å². The monoisotopic (exact) mass is 440 g/mol. The van der Waals surface area contributed by atoms with Gasteiger partial charge >= 0.3 is 0 Å². The number of carbonyl (C=O) groups is 1. The normalized spacial score (nSPS) is 15.0. The van der Waals surface area contributed by atoms with Gasteiger partial charge in [-0.3, -0.25) is 9.89 Å². The maximum Gasteiger partial charge on any atom is 0.276 e. The number of hydrogen-bond acceptors (Lipinski definition) is 5. The first kappa shape index (κ1) is 21.1. The molecule has 0 aliphatic carbocycles. The van der Waals surface area contributed by atoms with Crippen LogP contribution in [0.3, 0.4) is 0 Å². The number of sulfonamides is 1. The Hall–Kier alpha value is -3.17. The number of nitrogens with one attached hydrogen (secondary N) is 2. The Morgan fingerprint density at radius 1 is 1.10 bits per heavy atom. The van der Waals surface area contributed by atoms with E-state index >= 15 is 0 Å². The Kier molecular flexibility index (Phi) is 5.79. The number of anilines is 1. The van der Waals surface area contributed by atoms with Gasteiger partial charge < -0.3 is 10.4 Å². The van der Waals surface area contributed by atoms with Crippen molar-refractivity contribution in [3.8, 4) is 17.0 Å². The summed E-state index contributed by atoms with van der Waals surface area (Å²) >= 11 is 0. The lowest BCUT2D eigenvalue weighted by atomic mass is 10.1. The van der Waals surface area contributed by atoms with Crippen molar-refractivity contribution >= 4 is 21.6 Å². The third kappa shape index (κ3) is 4.33. The van der Waals surface area contributed by atoms with Gasteiger partial charge in [-0.2, -0.15) is 9.40 Å². The third-order valence-electron chi connectivity index (χ3n) is 5.40. The number of phenols is 1. The number of rotatable bonds is 5. The van der Waals surface area contributed by atoms with Gasteiger partial charge in [0.25, 0.3) is 5.91 Å². The minimum Gasteiger partial charge on any atom is -0.507 e.